The van der Waals surface area contributed by atoms with Gasteiger partial charge in [0.05, 0.1) is 0 Å². The first-order chi connectivity index (χ1) is 15.0. The number of nitrogens with zero attached hydrogens (tertiary/aromatic N) is 1. The number of piperazine rings is 1. The molecule has 31 heavy (non-hydrogen) atoms. The summed E-state index contributed by atoms with van der Waals surface area (Å²) >= 11 is 0. The molecule has 2 amide bonds. The van der Waals surface area contributed by atoms with Crippen molar-refractivity contribution in [3.63, 3.8) is 0 Å². The highest BCUT2D eigenvalue weighted by atomic mass is 16.2. The van der Waals surface area contributed by atoms with Gasteiger partial charge in [-0.2, -0.15) is 0 Å². The molecule has 4 rings (SSSR count). The van der Waals surface area contributed by atoms with Gasteiger partial charge in [0.2, 0.25) is 0 Å². The summed E-state index contributed by atoms with van der Waals surface area (Å²) in [5.41, 5.74) is 3.16. The lowest BCUT2D eigenvalue weighted by Crippen LogP contribution is -3.28. The topological polar surface area (TPSA) is 58.3 Å². The van der Waals surface area contributed by atoms with Gasteiger partial charge in [-0.1, -0.05) is 37.5 Å². The molecule has 1 aliphatic carbocycles. The number of quaternary nitrogens is 2. The molecule has 0 aromatic heterocycles. The molecule has 170 valence electrons. The molecule has 2 aliphatic heterocycles. The Kier molecular flexibility index (Phi) is 7.28. The SMILES string of the molecule is Cc1cccc(C)c1NC(=O)C[NH+]1CC[NH+](CC(=O)N2CC[C@@H]3CCCC[C@H]3C2)CC1. The summed E-state index contributed by atoms with van der Waals surface area (Å²) < 4.78 is 0. The molecule has 2 heterocycles. The first-order valence-electron chi connectivity index (χ1n) is 12.3. The molecular formula is C25H40N4O2+2. The number of rotatable bonds is 5. The number of fused-ring (bicyclic) bond motifs is 1. The molecular weight excluding hydrogens is 388 g/mol. The quantitative estimate of drug-likeness (QED) is 0.622. The molecule has 0 unspecified atom stereocenters. The Labute approximate surface area is 187 Å². The van der Waals surface area contributed by atoms with Crippen molar-refractivity contribution in [2.75, 3.05) is 57.7 Å². The fraction of sp³-hybridized carbons (Fsp3) is 0.680. The van der Waals surface area contributed by atoms with Crippen molar-refractivity contribution in [3.05, 3.63) is 29.3 Å². The summed E-state index contributed by atoms with van der Waals surface area (Å²) in [6, 6.07) is 6.09. The van der Waals surface area contributed by atoms with E-state index in [0.29, 0.717) is 19.0 Å². The molecule has 1 aromatic rings. The van der Waals surface area contributed by atoms with Crippen LogP contribution in [-0.2, 0) is 9.59 Å². The minimum Gasteiger partial charge on any atom is -0.338 e. The molecule has 1 aromatic carbocycles. The molecule has 6 nitrogen and oxygen atoms in total. The minimum absolute atomic E-state index is 0.0854. The number of amides is 2. The molecule has 2 atom stereocenters. The lowest BCUT2D eigenvalue weighted by molar-refractivity contribution is -1.00. The van der Waals surface area contributed by atoms with Gasteiger partial charge in [-0.25, -0.2) is 0 Å². The van der Waals surface area contributed by atoms with Gasteiger partial charge in [0.15, 0.2) is 13.1 Å². The third-order valence-electron chi connectivity index (χ3n) is 7.87. The Balaban J connectivity index is 1.19. The number of anilines is 1. The largest absolute Gasteiger partial charge is 0.338 e. The number of piperidine rings is 1. The van der Waals surface area contributed by atoms with Crippen LogP contribution in [0.1, 0.15) is 43.2 Å². The number of hydrogen-bond donors (Lipinski definition) is 3. The lowest BCUT2D eigenvalue weighted by Gasteiger charge is -2.41. The zero-order chi connectivity index (χ0) is 21.8. The predicted molar refractivity (Wildman–Crippen MR) is 122 cm³/mol. The molecule has 0 bridgehead atoms. The number of carbonyl (C=O) groups excluding carboxylic acids is 2. The molecule has 3 fully saturated rings. The summed E-state index contributed by atoms with van der Waals surface area (Å²) in [6.07, 6.45) is 6.62. The summed E-state index contributed by atoms with van der Waals surface area (Å²) in [5, 5.41) is 3.11. The Morgan fingerprint density at radius 1 is 0.935 bits per heavy atom. The number of carbonyl (C=O) groups is 2. The van der Waals surface area contributed by atoms with Crippen LogP contribution in [0.3, 0.4) is 0 Å². The van der Waals surface area contributed by atoms with Crippen LogP contribution in [0.4, 0.5) is 5.69 Å². The highest BCUT2D eigenvalue weighted by Gasteiger charge is 2.34. The van der Waals surface area contributed by atoms with Gasteiger partial charge < -0.3 is 20.0 Å². The minimum atomic E-state index is 0.0854. The fourth-order valence-electron chi connectivity index (χ4n) is 5.89. The van der Waals surface area contributed by atoms with Crippen LogP contribution in [0.2, 0.25) is 0 Å². The van der Waals surface area contributed by atoms with Crippen molar-refractivity contribution >= 4 is 17.5 Å². The number of aryl methyl sites for hydroxylation is 2. The zero-order valence-corrected chi connectivity index (χ0v) is 19.3. The summed E-state index contributed by atoms with van der Waals surface area (Å²) in [5.74, 6) is 2.04. The zero-order valence-electron chi connectivity index (χ0n) is 19.3. The molecule has 3 aliphatic rings. The second-order valence-corrected chi connectivity index (χ2v) is 10.1. The van der Waals surface area contributed by atoms with Gasteiger partial charge in [0.1, 0.15) is 26.2 Å². The van der Waals surface area contributed by atoms with Crippen molar-refractivity contribution in [2.45, 2.75) is 46.0 Å². The van der Waals surface area contributed by atoms with E-state index >= 15 is 0 Å². The second-order valence-electron chi connectivity index (χ2n) is 10.1. The standard InChI is InChI=1S/C25H38N4O2/c1-19-6-5-7-20(2)25(19)26-23(30)17-27-12-14-28(15-13-27)18-24(31)29-11-10-21-8-3-4-9-22(21)16-29/h5-7,21-22H,3-4,8-18H2,1-2H3,(H,26,30)/p+2/t21-,22-/m0/s1. The Bertz CT molecular complexity index is 767. The average molecular weight is 429 g/mol. The number of nitrogens with one attached hydrogen (secondary N) is 3. The summed E-state index contributed by atoms with van der Waals surface area (Å²) in [6.45, 7) is 11.0. The van der Waals surface area contributed by atoms with Gasteiger partial charge in [0.25, 0.3) is 11.8 Å². The molecule has 0 spiro atoms. The van der Waals surface area contributed by atoms with E-state index in [1.165, 1.54) is 41.9 Å². The Morgan fingerprint density at radius 2 is 1.55 bits per heavy atom. The number of hydrogen-bond acceptors (Lipinski definition) is 2. The maximum absolute atomic E-state index is 12.9. The Hall–Kier alpha value is -1.92. The van der Waals surface area contributed by atoms with Crippen LogP contribution in [0.25, 0.3) is 0 Å². The monoisotopic (exact) mass is 428 g/mol. The van der Waals surface area contributed by atoms with Gasteiger partial charge in [-0.15, -0.1) is 0 Å². The van der Waals surface area contributed by atoms with Gasteiger partial charge in [0, 0.05) is 18.8 Å². The van der Waals surface area contributed by atoms with E-state index in [2.05, 4.69) is 10.2 Å². The third kappa shape index (κ3) is 5.66. The maximum Gasteiger partial charge on any atom is 0.279 e. The van der Waals surface area contributed by atoms with E-state index < -0.39 is 0 Å². The van der Waals surface area contributed by atoms with E-state index in [4.69, 9.17) is 0 Å². The van der Waals surface area contributed by atoms with Crippen molar-refractivity contribution < 1.29 is 19.4 Å². The smallest absolute Gasteiger partial charge is 0.279 e. The molecule has 2 saturated heterocycles. The highest BCUT2D eigenvalue weighted by molar-refractivity contribution is 5.93. The van der Waals surface area contributed by atoms with Crippen molar-refractivity contribution in [2.24, 2.45) is 11.8 Å². The van der Waals surface area contributed by atoms with Crippen LogP contribution >= 0.6 is 0 Å². The first-order valence-corrected chi connectivity index (χ1v) is 12.3. The average Bonchev–Trinajstić information content (AvgIpc) is 2.77. The molecule has 1 saturated carbocycles. The number of benzene rings is 1. The number of para-hydroxylation sites is 1. The van der Waals surface area contributed by atoms with Gasteiger partial charge in [-0.05, 0) is 49.7 Å². The molecule has 0 radical (unpaired) electrons. The van der Waals surface area contributed by atoms with Crippen LogP contribution in [0, 0.1) is 25.7 Å². The van der Waals surface area contributed by atoms with Crippen LogP contribution in [-0.4, -0.2) is 69.1 Å². The normalized spacial score (nSPS) is 28.6. The lowest BCUT2D eigenvalue weighted by atomic mass is 9.75. The van der Waals surface area contributed by atoms with E-state index in [9.17, 15) is 9.59 Å². The second kappa shape index (κ2) is 10.1. The van der Waals surface area contributed by atoms with E-state index in [1.807, 2.05) is 32.0 Å². The van der Waals surface area contributed by atoms with Crippen molar-refractivity contribution in [1.82, 2.24) is 4.90 Å². The van der Waals surface area contributed by atoms with E-state index in [-0.39, 0.29) is 5.91 Å². The van der Waals surface area contributed by atoms with Crippen LogP contribution in [0.5, 0.6) is 0 Å². The predicted octanol–water partition coefficient (Wildman–Crippen LogP) is 0.0640. The summed E-state index contributed by atoms with van der Waals surface area (Å²) in [4.78, 5) is 30.3. The maximum atomic E-state index is 12.9. The summed E-state index contributed by atoms with van der Waals surface area (Å²) in [7, 11) is 0. The third-order valence-corrected chi connectivity index (χ3v) is 7.87. The van der Waals surface area contributed by atoms with Crippen LogP contribution < -0.4 is 15.1 Å². The van der Waals surface area contributed by atoms with Crippen LogP contribution in [0.15, 0.2) is 18.2 Å². The molecule has 6 heteroatoms. The Morgan fingerprint density at radius 3 is 2.23 bits per heavy atom. The fourth-order valence-corrected chi connectivity index (χ4v) is 5.89. The highest BCUT2D eigenvalue weighted by Crippen LogP contribution is 2.35. The van der Waals surface area contributed by atoms with E-state index in [0.717, 1.165) is 67.9 Å². The van der Waals surface area contributed by atoms with Crippen molar-refractivity contribution in [1.29, 1.82) is 0 Å². The van der Waals surface area contributed by atoms with E-state index in [1.54, 1.807) is 0 Å². The number of likely N-dealkylation sites (tertiary alicyclic amines) is 1. The first kappa shape index (κ1) is 22.3. The van der Waals surface area contributed by atoms with Gasteiger partial charge in [-0.3, -0.25) is 9.59 Å². The molecule has 3 N–H and O–H groups in total. The van der Waals surface area contributed by atoms with Gasteiger partial charge >= 0.3 is 0 Å². The van der Waals surface area contributed by atoms with Crippen molar-refractivity contribution in [3.8, 4) is 0 Å².